The second-order valence-electron chi connectivity index (χ2n) is 8.97. The highest BCUT2D eigenvalue weighted by Crippen LogP contribution is 2.50. The maximum atomic E-state index is 13.7. The van der Waals surface area contributed by atoms with E-state index >= 15 is 0 Å². The van der Waals surface area contributed by atoms with E-state index in [2.05, 4.69) is 5.32 Å². The number of benzene rings is 2. The van der Waals surface area contributed by atoms with Gasteiger partial charge in [-0.1, -0.05) is 44.2 Å². The lowest BCUT2D eigenvalue weighted by molar-refractivity contribution is -0.738. The molecule has 0 unspecified atom stereocenters. The van der Waals surface area contributed by atoms with E-state index in [1.165, 1.54) is 4.90 Å². The first-order valence-corrected chi connectivity index (χ1v) is 10.6. The second-order valence-corrected chi connectivity index (χ2v) is 8.97. The number of imide groups is 1. The lowest BCUT2D eigenvalue weighted by Gasteiger charge is -2.27. The zero-order valence-corrected chi connectivity index (χ0v) is 17.8. The molecular formula is C24H26N3O4+. The normalized spacial score (nSPS) is 29.0. The highest BCUT2D eigenvalue weighted by Gasteiger charge is 2.74. The Bertz CT molecular complexity index is 1080. The van der Waals surface area contributed by atoms with E-state index in [0.29, 0.717) is 5.75 Å². The van der Waals surface area contributed by atoms with Crippen molar-refractivity contribution in [2.45, 2.75) is 32.0 Å². The Kier molecular flexibility index (Phi) is 4.41. The Balaban J connectivity index is 1.56. The maximum absolute atomic E-state index is 13.7. The van der Waals surface area contributed by atoms with Crippen molar-refractivity contribution in [2.24, 2.45) is 17.8 Å². The maximum Gasteiger partial charge on any atom is 0.291 e. The third-order valence-electron chi connectivity index (χ3n) is 7.07. The summed E-state index contributed by atoms with van der Waals surface area (Å²) in [5, 5.41) is 4.93. The van der Waals surface area contributed by atoms with Crippen molar-refractivity contribution < 1.29 is 24.4 Å². The van der Waals surface area contributed by atoms with Gasteiger partial charge in [0, 0.05) is 11.5 Å². The number of hydrogen-bond donors (Lipinski definition) is 2. The zero-order valence-electron chi connectivity index (χ0n) is 17.8. The summed E-state index contributed by atoms with van der Waals surface area (Å²) in [4.78, 5) is 41.9. The van der Waals surface area contributed by atoms with Gasteiger partial charge < -0.3 is 15.4 Å². The minimum atomic E-state index is -1.10. The summed E-state index contributed by atoms with van der Waals surface area (Å²) >= 11 is 0. The number of ether oxygens (including phenoxy) is 1. The summed E-state index contributed by atoms with van der Waals surface area (Å²) in [5.74, 6) is -1.05. The molecule has 3 aliphatic rings. The zero-order chi connectivity index (χ0) is 21.9. The number of quaternary nitrogens is 1. The van der Waals surface area contributed by atoms with Crippen LogP contribution in [0.4, 0.5) is 5.69 Å². The first kappa shape index (κ1) is 19.8. The van der Waals surface area contributed by atoms with Crippen molar-refractivity contribution >= 4 is 23.4 Å². The lowest BCUT2D eigenvalue weighted by atomic mass is 9.76. The fraction of sp³-hybridized carbons (Fsp3) is 0.375. The molecule has 0 bridgehead atoms. The number of nitrogens with one attached hydrogen (secondary N) is 1. The third-order valence-corrected chi connectivity index (χ3v) is 7.07. The number of amides is 3. The van der Waals surface area contributed by atoms with Crippen LogP contribution in [-0.2, 0) is 26.5 Å². The molecule has 7 heteroatoms. The average molecular weight is 420 g/mol. The molecule has 0 aliphatic carbocycles. The molecule has 3 aliphatic heterocycles. The number of anilines is 1. The number of hydrogen-bond acceptors (Lipinski definition) is 4. The molecule has 1 spiro atoms. The van der Waals surface area contributed by atoms with Crippen molar-refractivity contribution in [1.82, 2.24) is 4.90 Å². The number of likely N-dealkylation sites (tertiary alicyclic amines) is 1. The van der Waals surface area contributed by atoms with Crippen LogP contribution in [0.1, 0.15) is 25.0 Å². The first-order chi connectivity index (χ1) is 14.9. The number of para-hydroxylation sites is 1. The van der Waals surface area contributed by atoms with Gasteiger partial charge in [-0.2, -0.15) is 0 Å². The van der Waals surface area contributed by atoms with Crippen molar-refractivity contribution in [3.63, 3.8) is 0 Å². The Hall–Kier alpha value is -3.19. The van der Waals surface area contributed by atoms with Crippen molar-refractivity contribution in [3.05, 3.63) is 59.7 Å². The van der Waals surface area contributed by atoms with Crippen LogP contribution in [0.3, 0.4) is 0 Å². The van der Waals surface area contributed by atoms with Gasteiger partial charge in [-0.3, -0.25) is 19.3 Å². The van der Waals surface area contributed by atoms with E-state index in [9.17, 15) is 14.4 Å². The predicted molar refractivity (Wildman–Crippen MR) is 113 cm³/mol. The summed E-state index contributed by atoms with van der Waals surface area (Å²) in [6.07, 6.45) is 0. The number of carbonyl (C=O) groups excluding carboxylic acids is 3. The number of methoxy groups -OCH3 is 1. The van der Waals surface area contributed by atoms with Gasteiger partial charge in [-0.15, -0.1) is 0 Å². The molecule has 5 rings (SSSR count). The second kappa shape index (κ2) is 6.92. The molecule has 0 radical (unpaired) electrons. The summed E-state index contributed by atoms with van der Waals surface area (Å²) in [6.45, 7) is 4.28. The Morgan fingerprint density at radius 1 is 1.06 bits per heavy atom. The highest BCUT2D eigenvalue weighted by atomic mass is 16.5. The van der Waals surface area contributed by atoms with Gasteiger partial charge in [0.2, 0.25) is 17.4 Å². The molecule has 3 heterocycles. The van der Waals surface area contributed by atoms with Gasteiger partial charge in [-0.25, -0.2) is 0 Å². The van der Waals surface area contributed by atoms with Gasteiger partial charge in [0.15, 0.2) is 0 Å². The van der Waals surface area contributed by atoms with Crippen LogP contribution in [0.15, 0.2) is 48.5 Å². The van der Waals surface area contributed by atoms with E-state index in [1.807, 2.05) is 67.7 Å². The molecule has 2 aromatic rings. The largest absolute Gasteiger partial charge is 0.497 e. The van der Waals surface area contributed by atoms with Gasteiger partial charge in [0.25, 0.3) is 5.91 Å². The van der Waals surface area contributed by atoms with Crippen molar-refractivity contribution in [3.8, 4) is 5.75 Å². The quantitative estimate of drug-likeness (QED) is 0.728. The van der Waals surface area contributed by atoms with Crippen LogP contribution in [0.5, 0.6) is 5.75 Å². The SMILES string of the molecule is COc1ccc(CN2C(=O)[C@@H]3[C@@H](C(C)C)[NH2+][C@@]4(C(=O)Nc5ccccc54)[C@@H]3C2=O)cc1. The number of nitrogens with zero attached hydrogens (tertiary/aromatic N) is 1. The third kappa shape index (κ3) is 2.66. The molecule has 3 amide bonds. The van der Waals surface area contributed by atoms with Gasteiger partial charge in [0.1, 0.15) is 23.6 Å². The van der Waals surface area contributed by atoms with Gasteiger partial charge >= 0.3 is 0 Å². The molecule has 2 aromatic carbocycles. The molecule has 2 fully saturated rings. The molecular weight excluding hydrogens is 394 g/mol. The Morgan fingerprint density at radius 3 is 2.45 bits per heavy atom. The smallest absolute Gasteiger partial charge is 0.291 e. The summed E-state index contributed by atoms with van der Waals surface area (Å²) in [5.41, 5.74) is 1.27. The monoisotopic (exact) mass is 420 g/mol. The van der Waals surface area contributed by atoms with E-state index in [1.54, 1.807) is 7.11 Å². The van der Waals surface area contributed by atoms with Crippen LogP contribution in [-0.4, -0.2) is 35.8 Å². The lowest BCUT2D eigenvalue weighted by Crippen LogP contribution is -2.99. The van der Waals surface area contributed by atoms with E-state index in [4.69, 9.17) is 4.74 Å². The van der Waals surface area contributed by atoms with Crippen LogP contribution < -0.4 is 15.4 Å². The molecule has 3 N–H and O–H groups in total. The van der Waals surface area contributed by atoms with Crippen LogP contribution in [0.25, 0.3) is 0 Å². The highest BCUT2D eigenvalue weighted by molar-refractivity contribution is 6.13. The van der Waals surface area contributed by atoms with E-state index < -0.39 is 17.4 Å². The van der Waals surface area contributed by atoms with Gasteiger partial charge in [-0.05, 0) is 23.8 Å². The summed E-state index contributed by atoms with van der Waals surface area (Å²) in [7, 11) is 1.59. The average Bonchev–Trinajstić information content (AvgIpc) is 3.35. The molecule has 160 valence electrons. The van der Waals surface area contributed by atoms with Crippen molar-refractivity contribution in [1.29, 1.82) is 0 Å². The molecule has 0 saturated carbocycles. The number of nitrogens with two attached hydrogens (primary N) is 1. The molecule has 0 aromatic heterocycles. The van der Waals surface area contributed by atoms with E-state index in [0.717, 1.165) is 16.8 Å². The molecule has 4 atom stereocenters. The summed E-state index contributed by atoms with van der Waals surface area (Å²) in [6, 6.07) is 14.7. The van der Waals surface area contributed by atoms with Gasteiger partial charge in [0.05, 0.1) is 19.3 Å². The molecule has 2 saturated heterocycles. The van der Waals surface area contributed by atoms with E-state index in [-0.39, 0.29) is 36.2 Å². The first-order valence-electron chi connectivity index (χ1n) is 10.6. The fourth-order valence-electron chi connectivity index (χ4n) is 5.58. The minimum Gasteiger partial charge on any atom is -0.497 e. The number of carbonyl (C=O) groups is 3. The molecule has 31 heavy (non-hydrogen) atoms. The van der Waals surface area contributed by atoms with Crippen LogP contribution in [0.2, 0.25) is 0 Å². The predicted octanol–water partition coefficient (Wildman–Crippen LogP) is 1.25. The summed E-state index contributed by atoms with van der Waals surface area (Å²) < 4.78 is 5.19. The van der Waals surface area contributed by atoms with Crippen LogP contribution in [0, 0.1) is 17.8 Å². The Labute approximate surface area is 180 Å². The minimum absolute atomic E-state index is 0.130. The van der Waals surface area contributed by atoms with Crippen molar-refractivity contribution in [2.75, 3.05) is 12.4 Å². The number of fused-ring (bicyclic) bond motifs is 4. The Morgan fingerprint density at radius 2 is 1.77 bits per heavy atom. The topological polar surface area (TPSA) is 92.3 Å². The van der Waals surface area contributed by atoms with Crippen LogP contribution >= 0.6 is 0 Å². The molecule has 7 nitrogen and oxygen atoms in total. The number of rotatable bonds is 4. The fourth-order valence-corrected chi connectivity index (χ4v) is 5.58. The standard InChI is InChI=1S/C24H25N3O4/c1-13(2)20-18-19(24(26-20)16-6-4-5-7-17(16)25-23(24)30)22(29)27(21(18)28)12-14-8-10-15(31-3)11-9-14/h4-11,13,18-20,26H,12H2,1-3H3,(H,25,30)/p+1/t18-,19-,20+,24+/m0/s1.